The van der Waals surface area contributed by atoms with Gasteiger partial charge in [0.2, 0.25) is 0 Å². The van der Waals surface area contributed by atoms with E-state index in [1.54, 1.807) is 35.0 Å². The zero-order valence-electron chi connectivity index (χ0n) is 16.3. The van der Waals surface area contributed by atoms with E-state index in [-0.39, 0.29) is 12.1 Å². The average Bonchev–Trinajstić information content (AvgIpc) is 3.41. The predicted octanol–water partition coefficient (Wildman–Crippen LogP) is 3.18. The summed E-state index contributed by atoms with van der Waals surface area (Å²) < 4.78 is 9.51. The summed E-state index contributed by atoms with van der Waals surface area (Å²) in [7, 11) is 0. The van der Waals surface area contributed by atoms with Crippen LogP contribution in [0.1, 0.15) is 47.1 Å². The molecule has 1 saturated heterocycles. The van der Waals surface area contributed by atoms with Crippen LogP contribution in [0.5, 0.6) is 0 Å². The number of hydrogen-bond acceptors (Lipinski definition) is 5. The molecule has 1 unspecified atom stereocenters. The third kappa shape index (κ3) is 3.29. The molecule has 1 fully saturated rings. The minimum absolute atomic E-state index is 0.0779. The number of benzene rings is 1. The second-order valence-corrected chi connectivity index (χ2v) is 7.36. The van der Waals surface area contributed by atoms with Crippen LogP contribution in [0.3, 0.4) is 0 Å². The number of amides is 1. The van der Waals surface area contributed by atoms with Crippen LogP contribution in [0.15, 0.2) is 48.9 Å². The van der Waals surface area contributed by atoms with Crippen LogP contribution in [0.4, 0.5) is 0 Å². The second kappa shape index (κ2) is 7.61. The lowest BCUT2D eigenvalue weighted by Gasteiger charge is -2.23. The lowest BCUT2D eigenvalue weighted by atomic mass is 10.1. The number of nitrogens with zero attached hydrogens (tertiary/aromatic N) is 5. The standard InChI is InChI=1S/C22H20N6O2/c23-10-15-7-8-20-26-16(14-27(20)13-15)11-24-22(29)17-4-3-5-19-18(17)12-25-28(19)21-6-1-2-9-30-21/h3-5,7-8,12-14,21H,1-2,6,9,11H2,(H,24,29). The van der Waals surface area contributed by atoms with Crippen molar-refractivity contribution in [1.82, 2.24) is 24.5 Å². The Labute approximate surface area is 172 Å². The highest BCUT2D eigenvalue weighted by Gasteiger charge is 2.20. The maximum Gasteiger partial charge on any atom is 0.252 e. The van der Waals surface area contributed by atoms with Crippen molar-refractivity contribution in [3.63, 3.8) is 0 Å². The van der Waals surface area contributed by atoms with Gasteiger partial charge in [0, 0.05) is 24.4 Å². The Morgan fingerprint density at radius 2 is 2.20 bits per heavy atom. The van der Waals surface area contributed by atoms with Gasteiger partial charge in [-0.05, 0) is 43.5 Å². The number of rotatable bonds is 4. The van der Waals surface area contributed by atoms with Crippen molar-refractivity contribution in [2.75, 3.05) is 6.61 Å². The maximum atomic E-state index is 12.9. The number of carbonyl (C=O) groups excluding carboxylic acids is 1. The van der Waals surface area contributed by atoms with Crippen LogP contribution in [-0.2, 0) is 11.3 Å². The summed E-state index contributed by atoms with van der Waals surface area (Å²) in [6.07, 6.45) is 8.30. The van der Waals surface area contributed by atoms with E-state index < -0.39 is 0 Å². The summed E-state index contributed by atoms with van der Waals surface area (Å²) in [6.45, 7) is 1.03. The monoisotopic (exact) mass is 400 g/mol. The average molecular weight is 400 g/mol. The van der Waals surface area contributed by atoms with Crippen LogP contribution in [0.25, 0.3) is 16.6 Å². The van der Waals surface area contributed by atoms with Gasteiger partial charge in [0.15, 0.2) is 6.23 Å². The molecule has 8 nitrogen and oxygen atoms in total. The first-order valence-electron chi connectivity index (χ1n) is 9.97. The molecule has 0 spiro atoms. The molecular weight excluding hydrogens is 380 g/mol. The van der Waals surface area contributed by atoms with E-state index in [4.69, 9.17) is 10.00 Å². The highest BCUT2D eigenvalue weighted by Crippen LogP contribution is 2.27. The summed E-state index contributed by atoms with van der Waals surface area (Å²) >= 11 is 0. The molecule has 0 saturated carbocycles. The molecule has 1 atom stereocenters. The Morgan fingerprint density at radius 1 is 1.27 bits per heavy atom. The number of pyridine rings is 1. The van der Waals surface area contributed by atoms with E-state index in [9.17, 15) is 4.79 Å². The van der Waals surface area contributed by atoms with Crippen LogP contribution in [0, 0.1) is 11.3 Å². The van der Waals surface area contributed by atoms with Gasteiger partial charge in [0.1, 0.15) is 11.7 Å². The SMILES string of the molecule is N#Cc1ccc2nc(CNC(=O)c3cccc4c3cnn4C3CCCCO3)cn2c1. The van der Waals surface area contributed by atoms with Gasteiger partial charge in [0.05, 0.1) is 35.1 Å². The molecule has 5 rings (SSSR count). The molecule has 30 heavy (non-hydrogen) atoms. The third-order valence-electron chi connectivity index (χ3n) is 5.37. The number of hydrogen-bond donors (Lipinski definition) is 1. The van der Waals surface area contributed by atoms with Crippen molar-refractivity contribution in [2.24, 2.45) is 0 Å². The molecule has 1 aliphatic heterocycles. The van der Waals surface area contributed by atoms with Gasteiger partial charge in [-0.3, -0.25) is 4.79 Å². The van der Waals surface area contributed by atoms with Gasteiger partial charge >= 0.3 is 0 Å². The van der Waals surface area contributed by atoms with Crippen molar-refractivity contribution in [1.29, 1.82) is 5.26 Å². The summed E-state index contributed by atoms with van der Waals surface area (Å²) in [5.41, 5.74) is 3.48. The fourth-order valence-electron chi connectivity index (χ4n) is 3.88. The molecule has 4 heterocycles. The lowest BCUT2D eigenvalue weighted by Crippen LogP contribution is -2.23. The van der Waals surface area contributed by atoms with Gasteiger partial charge in [-0.15, -0.1) is 0 Å². The molecule has 0 bridgehead atoms. The molecule has 1 aromatic carbocycles. The first-order chi connectivity index (χ1) is 14.7. The van der Waals surface area contributed by atoms with E-state index >= 15 is 0 Å². The Kier molecular flexibility index (Phi) is 4.65. The smallest absolute Gasteiger partial charge is 0.252 e. The van der Waals surface area contributed by atoms with E-state index in [1.807, 2.05) is 23.0 Å². The van der Waals surface area contributed by atoms with Crippen molar-refractivity contribution < 1.29 is 9.53 Å². The fourth-order valence-corrected chi connectivity index (χ4v) is 3.88. The predicted molar refractivity (Wildman–Crippen MR) is 110 cm³/mol. The zero-order chi connectivity index (χ0) is 20.5. The lowest BCUT2D eigenvalue weighted by molar-refractivity contribution is -0.0366. The van der Waals surface area contributed by atoms with Crippen LogP contribution < -0.4 is 5.32 Å². The minimum Gasteiger partial charge on any atom is -0.356 e. The zero-order valence-corrected chi connectivity index (χ0v) is 16.3. The number of nitrogens with one attached hydrogen (secondary N) is 1. The Morgan fingerprint density at radius 3 is 3.03 bits per heavy atom. The summed E-state index contributed by atoms with van der Waals surface area (Å²) in [5, 5.41) is 17.3. The largest absolute Gasteiger partial charge is 0.356 e. The molecule has 1 N–H and O–H groups in total. The number of ether oxygens (including phenoxy) is 1. The minimum atomic E-state index is -0.181. The number of imidazole rings is 1. The van der Waals surface area contributed by atoms with Crippen molar-refractivity contribution >= 4 is 22.5 Å². The molecule has 8 heteroatoms. The van der Waals surface area contributed by atoms with Crippen molar-refractivity contribution in [3.05, 3.63) is 65.7 Å². The van der Waals surface area contributed by atoms with Gasteiger partial charge in [-0.1, -0.05) is 6.07 Å². The maximum absolute atomic E-state index is 12.9. The number of carbonyl (C=O) groups is 1. The number of nitriles is 1. The summed E-state index contributed by atoms with van der Waals surface area (Å²) in [4.78, 5) is 17.4. The highest BCUT2D eigenvalue weighted by atomic mass is 16.5. The fraction of sp³-hybridized carbons (Fsp3) is 0.273. The van der Waals surface area contributed by atoms with Gasteiger partial charge in [0.25, 0.3) is 5.91 Å². The molecule has 0 radical (unpaired) electrons. The molecule has 3 aromatic heterocycles. The summed E-state index contributed by atoms with van der Waals surface area (Å²) in [5.74, 6) is -0.181. The topological polar surface area (TPSA) is 97.2 Å². The Balaban J connectivity index is 1.36. The summed E-state index contributed by atoms with van der Waals surface area (Å²) in [6, 6.07) is 11.2. The normalized spacial score (nSPS) is 16.6. The van der Waals surface area contributed by atoms with Gasteiger partial charge in [-0.2, -0.15) is 10.4 Å². The molecule has 1 aliphatic rings. The Bertz CT molecular complexity index is 1280. The number of fused-ring (bicyclic) bond motifs is 2. The highest BCUT2D eigenvalue weighted by molar-refractivity contribution is 6.06. The third-order valence-corrected chi connectivity index (χ3v) is 5.37. The quantitative estimate of drug-likeness (QED) is 0.567. The van der Waals surface area contributed by atoms with Crippen LogP contribution in [0.2, 0.25) is 0 Å². The second-order valence-electron chi connectivity index (χ2n) is 7.36. The van der Waals surface area contributed by atoms with E-state index in [0.29, 0.717) is 17.7 Å². The first kappa shape index (κ1) is 18.3. The van der Waals surface area contributed by atoms with Crippen molar-refractivity contribution in [2.45, 2.75) is 32.0 Å². The Hall–Kier alpha value is -3.70. The molecule has 0 aliphatic carbocycles. The van der Waals surface area contributed by atoms with E-state index in [2.05, 4.69) is 21.5 Å². The molecule has 150 valence electrons. The van der Waals surface area contributed by atoms with Gasteiger partial charge in [-0.25, -0.2) is 9.67 Å². The van der Waals surface area contributed by atoms with Crippen molar-refractivity contribution in [3.8, 4) is 6.07 Å². The first-order valence-corrected chi connectivity index (χ1v) is 9.97. The van der Waals surface area contributed by atoms with Crippen LogP contribution in [-0.4, -0.2) is 31.7 Å². The number of aromatic nitrogens is 4. The van der Waals surface area contributed by atoms with E-state index in [0.717, 1.165) is 48.1 Å². The van der Waals surface area contributed by atoms with Crippen LogP contribution >= 0.6 is 0 Å². The molecular formula is C22H20N6O2. The van der Waals surface area contributed by atoms with Gasteiger partial charge < -0.3 is 14.5 Å². The van der Waals surface area contributed by atoms with E-state index in [1.165, 1.54) is 0 Å². The molecule has 4 aromatic rings. The molecule has 1 amide bonds.